The van der Waals surface area contributed by atoms with Crippen molar-refractivity contribution in [1.29, 1.82) is 5.26 Å². The Bertz CT molecular complexity index is 1430. The molecule has 9 nitrogen and oxygen atoms in total. The molecule has 0 unspecified atom stereocenters. The van der Waals surface area contributed by atoms with E-state index in [1.54, 1.807) is 48.4 Å². The summed E-state index contributed by atoms with van der Waals surface area (Å²) in [5.74, 6) is 0.312. The van der Waals surface area contributed by atoms with E-state index >= 15 is 0 Å². The zero-order valence-corrected chi connectivity index (χ0v) is 23.8. The van der Waals surface area contributed by atoms with Gasteiger partial charge in [0.1, 0.15) is 11.4 Å². The molecular weight excluding hydrogens is 530 g/mol. The molecule has 0 aliphatic carbocycles. The summed E-state index contributed by atoms with van der Waals surface area (Å²) in [6.07, 6.45) is 4.37. The van der Waals surface area contributed by atoms with E-state index in [4.69, 9.17) is 10.00 Å². The van der Waals surface area contributed by atoms with Crippen molar-refractivity contribution in [3.8, 4) is 11.8 Å². The smallest absolute Gasteiger partial charge is 0.270 e. The molecule has 2 amide bonds. The van der Waals surface area contributed by atoms with Crippen LogP contribution < -0.4 is 10.1 Å². The Morgan fingerprint density at radius 1 is 0.905 bits per heavy atom. The summed E-state index contributed by atoms with van der Waals surface area (Å²) in [6.45, 7) is 3.55. The van der Waals surface area contributed by atoms with Crippen LogP contribution in [0.4, 0.5) is 0 Å². The van der Waals surface area contributed by atoms with Crippen LogP contribution in [0.5, 0.6) is 5.75 Å². The van der Waals surface area contributed by atoms with Crippen LogP contribution in [-0.2, 0) is 6.54 Å². The average Bonchev–Trinajstić information content (AvgIpc) is 3.05. The van der Waals surface area contributed by atoms with E-state index in [2.05, 4.69) is 21.3 Å². The Balaban J connectivity index is 1.06. The highest BCUT2D eigenvalue weighted by atomic mass is 16.5. The van der Waals surface area contributed by atoms with Gasteiger partial charge in [-0.25, -0.2) is 0 Å². The van der Waals surface area contributed by atoms with Gasteiger partial charge in [0.2, 0.25) is 0 Å². The number of hydrogen-bond acceptors (Lipinski definition) is 7. The van der Waals surface area contributed by atoms with E-state index in [-0.39, 0.29) is 35.3 Å². The minimum absolute atomic E-state index is 0.0692. The van der Waals surface area contributed by atoms with Gasteiger partial charge in [0.15, 0.2) is 5.78 Å². The van der Waals surface area contributed by atoms with Crippen LogP contribution in [0.3, 0.4) is 0 Å². The topological polar surface area (TPSA) is 116 Å². The van der Waals surface area contributed by atoms with Gasteiger partial charge in [0.05, 0.1) is 24.3 Å². The Morgan fingerprint density at radius 3 is 2.17 bits per heavy atom. The number of rotatable bonds is 8. The van der Waals surface area contributed by atoms with Crippen molar-refractivity contribution in [3.05, 3.63) is 94.8 Å². The van der Waals surface area contributed by atoms with Gasteiger partial charge >= 0.3 is 0 Å². The first kappa shape index (κ1) is 29.0. The fourth-order valence-corrected chi connectivity index (χ4v) is 5.61. The lowest BCUT2D eigenvalue weighted by molar-refractivity contribution is 0.0649. The van der Waals surface area contributed by atoms with Gasteiger partial charge in [-0.2, -0.15) is 5.26 Å². The van der Waals surface area contributed by atoms with Crippen molar-refractivity contribution in [2.24, 2.45) is 5.92 Å². The molecule has 0 saturated carbocycles. The summed E-state index contributed by atoms with van der Waals surface area (Å²) in [5, 5.41) is 12.0. The Kier molecular flexibility index (Phi) is 9.25. The van der Waals surface area contributed by atoms with Crippen molar-refractivity contribution in [2.75, 3.05) is 33.3 Å². The molecule has 9 heteroatoms. The van der Waals surface area contributed by atoms with Gasteiger partial charge in [-0.05, 0) is 79.8 Å². The maximum atomic E-state index is 13.1. The van der Waals surface area contributed by atoms with Crippen LogP contribution in [0.25, 0.3) is 0 Å². The number of nitrogens with one attached hydrogen (secondary N) is 1. The van der Waals surface area contributed by atoms with Crippen LogP contribution >= 0.6 is 0 Å². The molecule has 2 aliphatic heterocycles. The van der Waals surface area contributed by atoms with E-state index < -0.39 is 0 Å². The highest BCUT2D eigenvalue weighted by molar-refractivity contribution is 5.99. The molecule has 0 bridgehead atoms. The minimum Gasteiger partial charge on any atom is -0.497 e. The summed E-state index contributed by atoms with van der Waals surface area (Å²) < 4.78 is 5.17. The Morgan fingerprint density at radius 2 is 1.57 bits per heavy atom. The summed E-state index contributed by atoms with van der Waals surface area (Å²) >= 11 is 0. The normalized spacial score (nSPS) is 16.4. The molecule has 2 fully saturated rings. The number of nitrogens with zero attached hydrogens (tertiary/aromatic N) is 4. The fraction of sp³-hybridized carbons (Fsp3) is 0.364. The van der Waals surface area contributed by atoms with Crippen LogP contribution in [0.15, 0.2) is 66.9 Å². The van der Waals surface area contributed by atoms with Gasteiger partial charge in [0.25, 0.3) is 11.8 Å². The predicted octanol–water partition coefficient (Wildman–Crippen LogP) is 4.09. The summed E-state index contributed by atoms with van der Waals surface area (Å²) in [7, 11) is 1.59. The number of piperidine rings is 2. The lowest BCUT2D eigenvalue weighted by atomic mass is 9.88. The first-order valence-electron chi connectivity index (χ1n) is 14.4. The van der Waals surface area contributed by atoms with Gasteiger partial charge in [-0.3, -0.25) is 24.3 Å². The van der Waals surface area contributed by atoms with Crippen LogP contribution in [0, 0.1) is 17.2 Å². The number of Topliss-reactive ketones (excluding diaryl/α,β-unsaturated/α-hetero) is 1. The summed E-state index contributed by atoms with van der Waals surface area (Å²) in [5.41, 5.74) is 3.21. The second-order valence-electron chi connectivity index (χ2n) is 10.9. The third kappa shape index (κ3) is 7.01. The number of ether oxygens (including phenoxy) is 1. The molecule has 3 aromatic rings. The van der Waals surface area contributed by atoms with Crippen molar-refractivity contribution in [2.45, 2.75) is 38.3 Å². The number of carbonyl (C=O) groups is 3. The largest absolute Gasteiger partial charge is 0.497 e. The van der Waals surface area contributed by atoms with E-state index in [0.717, 1.165) is 32.5 Å². The van der Waals surface area contributed by atoms with E-state index in [0.29, 0.717) is 48.4 Å². The number of benzene rings is 2. The second kappa shape index (κ2) is 13.4. The third-order valence-electron chi connectivity index (χ3n) is 8.18. The molecule has 0 atom stereocenters. The third-order valence-corrected chi connectivity index (χ3v) is 8.18. The quantitative estimate of drug-likeness (QED) is 0.409. The number of pyridine rings is 1. The number of aromatic nitrogens is 1. The number of nitriles is 1. The number of amides is 2. The van der Waals surface area contributed by atoms with Gasteiger partial charge in [0, 0.05) is 56.4 Å². The van der Waals surface area contributed by atoms with Gasteiger partial charge in [-0.1, -0.05) is 12.1 Å². The first-order valence-corrected chi connectivity index (χ1v) is 14.4. The maximum Gasteiger partial charge on any atom is 0.270 e. The molecule has 3 heterocycles. The van der Waals surface area contributed by atoms with E-state index in [1.807, 2.05) is 24.3 Å². The summed E-state index contributed by atoms with van der Waals surface area (Å²) in [4.78, 5) is 47.2. The molecule has 1 N–H and O–H groups in total. The zero-order valence-electron chi connectivity index (χ0n) is 23.8. The molecule has 42 heavy (non-hydrogen) atoms. The molecule has 0 spiro atoms. The highest BCUT2D eigenvalue weighted by Crippen LogP contribution is 2.24. The molecule has 216 valence electrons. The Labute approximate surface area is 246 Å². The maximum absolute atomic E-state index is 13.1. The van der Waals surface area contributed by atoms with E-state index in [1.165, 1.54) is 11.8 Å². The van der Waals surface area contributed by atoms with Crippen LogP contribution in [0.2, 0.25) is 0 Å². The SMILES string of the molecule is COc1ccc(C(=O)C2CCN(C(=O)c3ccc(C(=O)NC4CCN(Cc5ccc(C#N)cc5)CC4)nc3)CC2)cc1. The number of hydrogen-bond donors (Lipinski definition) is 1. The number of ketones is 1. The highest BCUT2D eigenvalue weighted by Gasteiger charge is 2.29. The van der Waals surface area contributed by atoms with Gasteiger partial charge in [-0.15, -0.1) is 0 Å². The average molecular weight is 566 g/mol. The predicted molar refractivity (Wildman–Crippen MR) is 157 cm³/mol. The molecular formula is C33H35N5O4. The summed E-state index contributed by atoms with van der Waals surface area (Å²) in [6, 6.07) is 20.2. The fourth-order valence-electron chi connectivity index (χ4n) is 5.61. The van der Waals surface area contributed by atoms with Crippen LogP contribution in [-0.4, -0.2) is 71.7 Å². The van der Waals surface area contributed by atoms with Gasteiger partial charge < -0.3 is 15.0 Å². The first-order chi connectivity index (χ1) is 20.4. The number of methoxy groups -OCH3 is 1. The van der Waals surface area contributed by atoms with Crippen LogP contribution in [0.1, 0.15) is 68.0 Å². The second-order valence-corrected chi connectivity index (χ2v) is 10.9. The van der Waals surface area contributed by atoms with E-state index in [9.17, 15) is 14.4 Å². The van der Waals surface area contributed by atoms with Crippen molar-refractivity contribution < 1.29 is 19.1 Å². The van der Waals surface area contributed by atoms with Crippen molar-refractivity contribution in [1.82, 2.24) is 20.1 Å². The number of likely N-dealkylation sites (tertiary alicyclic amines) is 2. The van der Waals surface area contributed by atoms with Crippen molar-refractivity contribution in [3.63, 3.8) is 0 Å². The molecule has 2 saturated heterocycles. The molecule has 0 radical (unpaired) electrons. The Hall–Kier alpha value is -4.55. The van der Waals surface area contributed by atoms with Crippen molar-refractivity contribution >= 4 is 17.6 Å². The molecule has 2 aliphatic rings. The number of carbonyl (C=O) groups excluding carboxylic acids is 3. The monoisotopic (exact) mass is 565 g/mol. The molecule has 2 aromatic carbocycles. The lowest BCUT2D eigenvalue weighted by Crippen LogP contribution is -2.44. The molecule has 1 aromatic heterocycles. The standard InChI is InChI=1S/C33H35N5O4/c1-42-29-9-6-25(7-10-29)31(39)26-12-18-38(19-13-26)33(41)27-8-11-30(35-21-27)32(40)36-28-14-16-37(17-15-28)22-24-4-2-23(20-34)3-5-24/h2-11,21,26,28H,12-19,22H2,1H3,(H,36,40). The molecule has 5 rings (SSSR count). The zero-order chi connectivity index (χ0) is 29.5. The minimum atomic E-state index is -0.239. The lowest BCUT2D eigenvalue weighted by Gasteiger charge is -2.32.